The molecule has 0 saturated carbocycles. The van der Waals surface area contributed by atoms with Crippen LogP contribution in [0.4, 0.5) is 0 Å². The van der Waals surface area contributed by atoms with Crippen LogP contribution in [-0.2, 0) is 12.3 Å². The van der Waals surface area contributed by atoms with Gasteiger partial charge in [0, 0.05) is 17.3 Å². The largest absolute Gasteiger partial charge is 0.481 e. The molecule has 0 spiro atoms. The second-order valence-electron chi connectivity index (χ2n) is 5.66. The van der Waals surface area contributed by atoms with E-state index in [4.69, 9.17) is 27.9 Å². The molecule has 1 aromatic heterocycles. The minimum atomic E-state index is -0.267. The molecule has 0 fully saturated rings. The lowest BCUT2D eigenvalue weighted by Crippen LogP contribution is -2.12. The summed E-state index contributed by atoms with van der Waals surface area (Å²) in [5, 5.41) is 10.9. The van der Waals surface area contributed by atoms with Gasteiger partial charge in [0.05, 0.1) is 5.02 Å². The molecular formula is C19H19Cl2N3OS. The first-order valence-electron chi connectivity index (χ1n) is 8.30. The molecule has 0 aliphatic carbocycles. The molecule has 0 aliphatic heterocycles. The fraction of sp³-hybridized carbons (Fsp3) is 0.263. The SMILES string of the molecule is CCn1c(SCc2ccccc2Cl)nnc1C(C)Oc1ccccc1Cl. The summed E-state index contributed by atoms with van der Waals surface area (Å²) in [5.74, 6) is 2.14. The number of benzene rings is 2. The predicted octanol–water partition coefficient (Wildman–Crippen LogP) is 6.04. The highest BCUT2D eigenvalue weighted by molar-refractivity contribution is 7.98. The maximum absolute atomic E-state index is 6.24. The zero-order valence-corrected chi connectivity index (χ0v) is 16.9. The zero-order chi connectivity index (χ0) is 18.5. The maximum atomic E-state index is 6.24. The van der Waals surface area contributed by atoms with Crippen LogP contribution in [0.25, 0.3) is 0 Å². The van der Waals surface area contributed by atoms with Crippen LogP contribution >= 0.6 is 35.0 Å². The van der Waals surface area contributed by atoms with Gasteiger partial charge >= 0.3 is 0 Å². The van der Waals surface area contributed by atoms with Gasteiger partial charge in [-0.1, -0.05) is 65.3 Å². The van der Waals surface area contributed by atoms with Crippen LogP contribution in [0.5, 0.6) is 5.75 Å². The summed E-state index contributed by atoms with van der Waals surface area (Å²) in [6, 6.07) is 15.2. The topological polar surface area (TPSA) is 39.9 Å². The number of halogens is 2. The number of nitrogens with zero attached hydrogens (tertiary/aromatic N) is 3. The van der Waals surface area contributed by atoms with Gasteiger partial charge in [-0.05, 0) is 37.6 Å². The first-order chi connectivity index (χ1) is 12.6. The second kappa shape index (κ2) is 8.80. The Hall–Kier alpha value is -1.69. The summed E-state index contributed by atoms with van der Waals surface area (Å²) >= 11 is 14.0. The van der Waals surface area contributed by atoms with Gasteiger partial charge in [-0.2, -0.15) is 0 Å². The van der Waals surface area contributed by atoms with Crippen LogP contribution in [-0.4, -0.2) is 14.8 Å². The highest BCUT2D eigenvalue weighted by atomic mass is 35.5. The van der Waals surface area contributed by atoms with Crippen molar-refractivity contribution >= 4 is 35.0 Å². The number of rotatable bonds is 7. The molecule has 1 atom stereocenters. The van der Waals surface area contributed by atoms with E-state index in [0.29, 0.717) is 10.8 Å². The highest BCUT2D eigenvalue weighted by Gasteiger charge is 2.19. The van der Waals surface area contributed by atoms with E-state index in [2.05, 4.69) is 21.7 Å². The number of thioether (sulfide) groups is 1. The molecule has 2 aromatic carbocycles. The van der Waals surface area contributed by atoms with Crippen LogP contribution in [0.15, 0.2) is 53.7 Å². The lowest BCUT2D eigenvalue weighted by Gasteiger charge is -2.16. The van der Waals surface area contributed by atoms with E-state index < -0.39 is 0 Å². The molecule has 0 radical (unpaired) electrons. The van der Waals surface area contributed by atoms with Crippen molar-refractivity contribution in [2.24, 2.45) is 0 Å². The summed E-state index contributed by atoms with van der Waals surface area (Å²) in [4.78, 5) is 0. The minimum absolute atomic E-state index is 0.267. The van der Waals surface area contributed by atoms with E-state index in [0.717, 1.165) is 33.9 Å². The van der Waals surface area contributed by atoms with Gasteiger partial charge in [-0.15, -0.1) is 10.2 Å². The monoisotopic (exact) mass is 407 g/mol. The van der Waals surface area contributed by atoms with Gasteiger partial charge in [-0.3, -0.25) is 0 Å². The maximum Gasteiger partial charge on any atom is 0.191 e. The van der Waals surface area contributed by atoms with Gasteiger partial charge in [-0.25, -0.2) is 0 Å². The standard InChI is InChI=1S/C19H19Cl2N3OS/c1-3-24-18(13(2)25-17-11-7-6-10-16(17)21)22-23-19(24)26-12-14-8-4-5-9-15(14)20/h4-11,13H,3,12H2,1-2H3. The zero-order valence-electron chi connectivity index (χ0n) is 14.5. The number of aromatic nitrogens is 3. The normalized spacial score (nSPS) is 12.2. The van der Waals surface area contributed by atoms with Crippen LogP contribution in [0.3, 0.4) is 0 Å². The van der Waals surface area contributed by atoms with E-state index in [-0.39, 0.29) is 6.10 Å². The molecule has 3 aromatic rings. The summed E-state index contributed by atoms with van der Waals surface area (Å²) < 4.78 is 8.04. The summed E-state index contributed by atoms with van der Waals surface area (Å²) in [5.41, 5.74) is 1.08. The summed E-state index contributed by atoms with van der Waals surface area (Å²) in [7, 11) is 0. The van der Waals surface area contributed by atoms with Crippen LogP contribution in [0.2, 0.25) is 10.0 Å². The molecule has 0 amide bonds. The van der Waals surface area contributed by atoms with Crippen molar-refractivity contribution in [1.82, 2.24) is 14.8 Å². The third-order valence-corrected chi connectivity index (χ3v) is 5.58. The molecule has 1 unspecified atom stereocenters. The molecular weight excluding hydrogens is 389 g/mol. The van der Waals surface area contributed by atoms with E-state index >= 15 is 0 Å². The molecule has 1 heterocycles. The molecule has 0 bridgehead atoms. The fourth-order valence-corrected chi connectivity index (χ4v) is 4.02. The molecule has 136 valence electrons. The molecule has 7 heteroatoms. The Morgan fingerprint density at radius 2 is 1.73 bits per heavy atom. The van der Waals surface area contributed by atoms with Crippen molar-refractivity contribution < 1.29 is 4.74 Å². The Morgan fingerprint density at radius 1 is 1.04 bits per heavy atom. The van der Waals surface area contributed by atoms with Gasteiger partial charge in [0.25, 0.3) is 0 Å². The van der Waals surface area contributed by atoms with E-state index in [1.807, 2.05) is 49.4 Å². The summed E-state index contributed by atoms with van der Waals surface area (Å²) in [6.07, 6.45) is -0.267. The summed E-state index contributed by atoms with van der Waals surface area (Å²) in [6.45, 7) is 4.76. The van der Waals surface area contributed by atoms with Crippen LogP contribution in [0, 0.1) is 0 Å². The Morgan fingerprint density at radius 3 is 2.42 bits per heavy atom. The third kappa shape index (κ3) is 4.34. The average molecular weight is 408 g/mol. The fourth-order valence-electron chi connectivity index (χ4n) is 2.55. The van der Waals surface area contributed by atoms with E-state index in [9.17, 15) is 0 Å². The lowest BCUT2D eigenvalue weighted by molar-refractivity contribution is 0.210. The first-order valence-corrected chi connectivity index (χ1v) is 10.0. The predicted molar refractivity (Wildman–Crippen MR) is 107 cm³/mol. The van der Waals surface area contributed by atoms with Gasteiger partial charge in [0.2, 0.25) is 0 Å². The lowest BCUT2D eigenvalue weighted by atomic mass is 10.2. The van der Waals surface area contributed by atoms with Crippen molar-refractivity contribution in [2.45, 2.75) is 37.4 Å². The Bertz CT molecular complexity index is 885. The quantitative estimate of drug-likeness (QED) is 0.447. The van der Waals surface area contributed by atoms with Crippen molar-refractivity contribution in [2.75, 3.05) is 0 Å². The van der Waals surface area contributed by atoms with Gasteiger partial charge in [0.15, 0.2) is 17.1 Å². The number of ether oxygens (including phenoxy) is 1. The molecule has 3 rings (SSSR count). The number of para-hydroxylation sites is 1. The second-order valence-corrected chi connectivity index (χ2v) is 7.41. The van der Waals surface area contributed by atoms with Crippen LogP contribution < -0.4 is 4.74 Å². The van der Waals surface area contributed by atoms with E-state index in [1.54, 1.807) is 17.8 Å². The molecule has 0 N–H and O–H groups in total. The number of hydrogen-bond acceptors (Lipinski definition) is 4. The molecule has 0 aliphatic rings. The Balaban J connectivity index is 1.75. The first kappa shape index (κ1) is 19.1. The molecule has 26 heavy (non-hydrogen) atoms. The van der Waals surface area contributed by atoms with Crippen molar-refractivity contribution in [3.63, 3.8) is 0 Å². The van der Waals surface area contributed by atoms with Crippen molar-refractivity contribution in [3.8, 4) is 5.75 Å². The highest BCUT2D eigenvalue weighted by Crippen LogP contribution is 2.30. The van der Waals surface area contributed by atoms with Gasteiger partial charge < -0.3 is 9.30 Å². The van der Waals surface area contributed by atoms with Crippen molar-refractivity contribution in [1.29, 1.82) is 0 Å². The Kier molecular flexibility index (Phi) is 6.46. The molecule has 0 saturated heterocycles. The third-order valence-electron chi connectivity index (χ3n) is 3.88. The minimum Gasteiger partial charge on any atom is -0.481 e. The van der Waals surface area contributed by atoms with Crippen molar-refractivity contribution in [3.05, 3.63) is 70.0 Å². The average Bonchev–Trinajstić information content (AvgIpc) is 3.06. The smallest absolute Gasteiger partial charge is 0.191 e. The number of hydrogen-bond donors (Lipinski definition) is 0. The Labute approximate surface area is 167 Å². The van der Waals surface area contributed by atoms with Crippen LogP contribution in [0.1, 0.15) is 31.3 Å². The van der Waals surface area contributed by atoms with E-state index in [1.165, 1.54) is 0 Å². The molecule has 4 nitrogen and oxygen atoms in total. The van der Waals surface area contributed by atoms with Gasteiger partial charge in [0.1, 0.15) is 5.75 Å².